The number of ether oxygens (including phenoxy) is 2. The third-order valence-electron chi connectivity index (χ3n) is 4.54. The molecule has 2 aliphatic heterocycles. The summed E-state index contributed by atoms with van der Waals surface area (Å²) in [4.78, 5) is 18.9. The van der Waals surface area contributed by atoms with E-state index in [1.54, 1.807) is 0 Å². The second-order valence-corrected chi connectivity index (χ2v) is 7.32. The molecule has 3 rings (SSSR count). The summed E-state index contributed by atoms with van der Waals surface area (Å²) in [5.41, 5.74) is 1.80. The third kappa shape index (κ3) is 3.19. The summed E-state index contributed by atoms with van der Waals surface area (Å²) >= 11 is 0. The second kappa shape index (κ2) is 5.76. The number of amides is 1. The van der Waals surface area contributed by atoms with Gasteiger partial charge in [-0.05, 0) is 52.3 Å². The number of carbonyl (C=O) groups is 1. The molecule has 1 fully saturated rings. The number of carbonyl (C=O) groups excluding carboxylic acids is 1. The maximum Gasteiger partial charge on any atom is 0.413 e. The van der Waals surface area contributed by atoms with Gasteiger partial charge in [0.05, 0.1) is 11.2 Å². The molecule has 2 aliphatic rings. The molecule has 1 N–H and O–H groups in total. The lowest BCUT2D eigenvalue weighted by Crippen LogP contribution is -2.43. The Morgan fingerprint density at radius 1 is 1.35 bits per heavy atom. The zero-order chi connectivity index (χ0) is 16.7. The van der Waals surface area contributed by atoms with Gasteiger partial charge in [-0.3, -0.25) is 10.2 Å². The van der Waals surface area contributed by atoms with Gasteiger partial charge in [0.15, 0.2) is 0 Å². The van der Waals surface area contributed by atoms with E-state index < -0.39 is 11.7 Å². The summed E-state index contributed by atoms with van der Waals surface area (Å²) in [7, 11) is 2.13. The molecule has 0 atom stereocenters. The molecule has 0 aliphatic carbocycles. The van der Waals surface area contributed by atoms with Gasteiger partial charge < -0.3 is 9.47 Å². The van der Waals surface area contributed by atoms with Gasteiger partial charge >= 0.3 is 6.09 Å². The van der Waals surface area contributed by atoms with Gasteiger partial charge in [0.25, 0.3) is 0 Å². The lowest BCUT2D eigenvalue weighted by atomic mass is 9.84. The zero-order valence-electron chi connectivity index (χ0n) is 14.3. The van der Waals surface area contributed by atoms with Crippen molar-refractivity contribution >= 4 is 11.9 Å². The van der Waals surface area contributed by atoms with E-state index in [2.05, 4.69) is 28.3 Å². The maximum atomic E-state index is 11.9. The highest BCUT2D eigenvalue weighted by Gasteiger charge is 2.44. The van der Waals surface area contributed by atoms with Crippen molar-refractivity contribution in [2.45, 2.75) is 51.3 Å². The average molecular weight is 319 g/mol. The minimum absolute atomic E-state index is 0.0328. The number of hydrogen-bond donors (Lipinski definition) is 1. The van der Waals surface area contributed by atoms with Crippen LogP contribution in [0.5, 0.6) is 0 Å². The SMILES string of the molecule is CN1Cc2nc(NC(=O)OC(C)(C)C)ccc2C12CCOCC2. The van der Waals surface area contributed by atoms with E-state index in [0.29, 0.717) is 5.82 Å². The van der Waals surface area contributed by atoms with E-state index in [9.17, 15) is 4.79 Å². The fourth-order valence-electron chi connectivity index (χ4n) is 3.47. The van der Waals surface area contributed by atoms with Crippen LogP contribution in [0.3, 0.4) is 0 Å². The molecule has 3 heterocycles. The van der Waals surface area contributed by atoms with Crippen LogP contribution in [0, 0.1) is 0 Å². The topological polar surface area (TPSA) is 63.7 Å². The predicted octanol–water partition coefficient (Wildman–Crippen LogP) is 2.88. The van der Waals surface area contributed by atoms with Crippen LogP contribution in [0.25, 0.3) is 0 Å². The molecule has 6 heteroatoms. The molecular weight excluding hydrogens is 294 g/mol. The lowest BCUT2D eigenvalue weighted by molar-refractivity contribution is -0.0132. The number of fused-ring (bicyclic) bond motifs is 2. The summed E-state index contributed by atoms with van der Waals surface area (Å²) in [5.74, 6) is 0.538. The van der Waals surface area contributed by atoms with Crippen LogP contribution < -0.4 is 5.32 Å². The molecule has 1 amide bonds. The van der Waals surface area contributed by atoms with Gasteiger partial charge in [-0.1, -0.05) is 6.07 Å². The quantitative estimate of drug-likeness (QED) is 0.862. The Morgan fingerprint density at radius 3 is 2.70 bits per heavy atom. The molecule has 23 heavy (non-hydrogen) atoms. The minimum Gasteiger partial charge on any atom is -0.444 e. The number of nitrogens with zero attached hydrogens (tertiary/aromatic N) is 2. The Labute approximate surface area is 137 Å². The van der Waals surface area contributed by atoms with Gasteiger partial charge in [-0.25, -0.2) is 9.78 Å². The first-order valence-corrected chi connectivity index (χ1v) is 8.10. The van der Waals surface area contributed by atoms with Crippen molar-refractivity contribution in [3.05, 3.63) is 23.4 Å². The van der Waals surface area contributed by atoms with Crippen LogP contribution in [0.4, 0.5) is 10.6 Å². The monoisotopic (exact) mass is 319 g/mol. The fraction of sp³-hybridized carbons (Fsp3) is 0.647. The molecule has 1 aromatic heterocycles. The van der Waals surface area contributed by atoms with Crippen molar-refractivity contribution in [3.63, 3.8) is 0 Å². The minimum atomic E-state index is -0.521. The van der Waals surface area contributed by atoms with Crippen molar-refractivity contribution in [2.24, 2.45) is 0 Å². The fourth-order valence-corrected chi connectivity index (χ4v) is 3.47. The van der Waals surface area contributed by atoms with Gasteiger partial charge in [-0.15, -0.1) is 0 Å². The van der Waals surface area contributed by atoms with Crippen molar-refractivity contribution in [3.8, 4) is 0 Å². The van der Waals surface area contributed by atoms with Crippen molar-refractivity contribution in [2.75, 3.05) is 25.6 Å². The molecule has 0 bridgehead atoms. The molecule has 0 unspecified atom stereocenters. The van der Waals surface area contributed by atoms with Crippen LogP contribution in [0.15, 0.2) is 12.1 Å². The number of anilines is 1. The molecule has 1 spiro atoms. The molecule has 1 aromatic rings. The molecule has 0 saturated carbocycles. The first-order chi connectivity index (χ1) is 10.8. The number of pyridine rings is 1. The van der Waals surface area contributed by atoms with Crippen molar-refractivity contribution < 1.29 is 14.3 Å². The zero-order valence-corrected chi connectivity index (χ0v) is 14.3. The van der Waals surface area contributed by atoms with Crippen LogP contribution in [0.2, 0.25) is 0 Å². The Balaban J connectivity index is 1.79. The van der Waals surface area contributed by atoms with Crippen molar-refractivity contribution in [1.29, 1.82) is 0 Å². The number of nitrogens with one attached hydrogen (secondary N) is 1. The standard InChI is InChI=1S/C17H25N3O3/c1-16(2,3)23-15(21)19-14-6-5-12-13(18-14)11-20(4)17(12)7-9-22-10-8-17/h5-6H,7-11H2,1-4H3,(H,18,19,21). The first kappa shape index (κ1) is 16.2. The largest absolute Gasteiger partial charge is 0.444 e. The van der Waals surface area contributed by atoms with Crippen LogP contribution in [-0.2, 0) is 21.6 Å². The molecule has 0 aromatic carbocycles. The van der Waals surface area contributed by atoms with E-state index >= 15 is 0 Å². The molecule has 1 saturated heterocycles. The Kier molecular flexibility index (Phi) is 4.06. The summed E-state index contributed by atoms with van der Waals surface area (Å²) in [6, 6.07) is 3.95. The highest BCUT2D eigenvalue weighted by atomic mass is 16.6. The Hall–Kier alpha value is -1.66. The van der Waals surface area contributed by atoms with E-state index in [4.69, 9.17) is 9.47 Å². The number of rotatable bonds is 1. The number of aromatic nitrogens is 1. The highest BCUT2D eigenvalue weighted by Crippen LogP contribution is 2.44. The van der Waals surface area contributed by atoms with Gasteiger partial charge in [-0.2, -0.15) is 0 Å². The molecule has 6 nitrogen and oxygen atoms in total. The summed E-state index contributed by atoms with van der Waals surface area (Å²) in [6.45, 7) is 7.87. The van der Waals surface area contributed by atoms with E-state index in [0.717, 1.165) is 38.3 Å². The van der Waals surface area contributed by atoms with Gasteiger partial charge in [0.2, 0.25) is 0 Å². The van der Waals surface area contributed by atoms with Crippen LogP contribution in [-0.4, -0.2) is 41.8 Å². The molecule has 0 radical (unpaired) electrons. The maximum absolute atomic E-state index is 11.9. The summed E-state index contributed by atoms with van der Waals surface area (Å²) < 4.78 is 10.8. The van der Waals surface area contributed by atoms with E-state index in [1.807, 2.05) is 26.8 Å². The van der Waals surface area contributed by atoms with Crippen molar-refractivity contribution in [1.82, 2.24) is 9.88 Å². The molecule has 126 valence electrons. The summed E-state index contributed by atoms with van der Waals surface area (Å²) in [5, 5.41) is 2.72. The molecular formula is C17H25N3O3. The smallest absolute Gasteiger partial charge is 0.413 e. The van der Waals surface area contributed by atoms with Gasteiger partial charge in [0.1, 0.15) is 11.4 Å². The summed E-state index contributed by atoms with van der Waals surface area (Å²) in [6.07, 6.45) is 1.49. The average Bonchev–Trinajstić information content (AvgIpc) is 2.70. The lowest BCUT2D eigenvalue weighted by Gasteiger charge is -2.40. The van der Waals surface area contributed by atoms with Crippen LogP contribution >= 0.6 is 0 Å². The first-order valence-electron chi connectivity index (χ1n) is 8.10. The Bertz CT molecular complexity index is 604. The normalized spacial score (nSPS) is 20.3. The van der Waals surface area contributed by atoms with Gasteiger partial charge in [0, 0.05) is 19.8 Å². The van der Waals surface area contributed by atoms with E-state index in [-0.39, 0.29) is 5.54 Å². The van der Waals surface area contributed by atoms with E-state index in [1.165, 1.54) is 5.56 Å². The predicted molar refractivity (Wildman–Crippen MR) is 87.3 cm³/mol. The van der Waals surface area contributed by atoms with Crippen LogP contribution in [0.1, 0.15) is 44.9 Å². The number of hydrogen-bond acceptors (Lipinski definition) is 5. The Morgan fingerprint density at radius 2 is 2.04 bits per heavy atom. The third-order valence-corrected chi connectivity index (χ3v) is 4.54. The highest BCUT2D eigenvalue weighted by molar-refractivity contribution is 5.83. The second-order valence-electron chi connectivity index (χ2n) is 7.32.